The summed E-state index contributed by atoms with van der Waals surface area (Å²) in [7, 11) is 6.23. The topological polar surface area (TPSA) is 48.9 Å². The van der Waals surface area contributed by atoms with E-state index in [1.807, 2.05) is 18.8 Å². The molecule has 3 aliphatic rings. The van der Waals surface area contributed by atoms with E-state index in [4.69, 9.17) is 4.74 Å². The average molecular weight is 440 g/mol. The number of aliphatic imine (C=N–C) groups is 1. The summed E-state index contributed by atoms with van der Waals surface area (Å²) in [6, 6.07) is 0.434. The maximum absolute atomic E-state index is 5.91. The fourth-order valence-corrected chi connectivity index (χ4v) is 5.21. The monoisotopic (exact) mass is 440 g/mol. The van der Waals surface area contributed by atoms with Crippen LogP contribution in [0.5, 0.6) is 0 Å². The number of nitrogens with one attached hydrogen (secondary N) is 2. The molecule has 0 saturated carbocycles. The molecule has 0 aliphatic carbocycles. The first-order chi connectivity index (χ1) is 10.1. The predicted octanol–water partition coefficient (Wildman–Crippen LogP) is 1.53. The van der Waals surface area contributed by atoms with Gasteiger partial charge in [0.1, 0.15) is 0 Å². The second kappa shape index (κ2) is 7.90. The molecular weight excluding hydrogens is 411 g/mol. The molecule has 3 heterocycles. The van der Waals surface area contributed by atoms with Gasteiger partial charge >= 0.3 is 0 Å². The maximum Gasteiger partial charge on any atom is 0.191 e. The van der Waals surface area contributed by atoms with Gasteiger partial charge in [0.15, 0.2) is 5.96 Å². The molecular formula is C15H29IN4OS. The van der Waals surface area contributed by atoms with Gasteiger partial charge in [0.25, 0.3) is 0 Å². The van der Waals surface area contributed by atoms with Crippen molar-refractivity contribution in [1.29, 1.82) is 0 Å². The molecule has 2 bridgehead atoms. The Morgan fingerprint density at radius 2 is 2.23 bits per heavy atom. The predicted molar refractivity (Wildman–Crippen MR) is 105 cm³/mol. The third-order valence-corrected chi connectivity index (χ3v) is 6.50. The highest BCUT2D eigenvalue weighted by Gasteiger charge is 2.41. The Hall–Kier alpha value is 0.270. The number of fused-ring (bicyclic) bond motifs is 2. The number of rotatable bonds is 4. The van der Waals surface area contributed by atoms with Gasteiger partial charge in [-0.3, -0.25) is 4.99 Å². The van der Waals surface area contributed by atoms with Crippen molar-refractivity contribution in [2.45, 2.75) is 49.5 Å². The Morgan fingerprint density at radius 3 is 2.73 bits per heavy atom. The molecule has 128 valence electrons. The van der Waals surface area contributed by atoms with Gasteiger partial charge in [0.05, 0.1) is 18.2 Å². The van der Waals surface area contributed by atoms with Crippen LogP contribution in [0.25, 0.3) is 0 Å². The summed E-state index contributed by atoms with van der Waals surface area (Å²) in [4.78, 5) is 6.77. The SMILES string of the molecule is CN=C(NCC1(N(C)C)CCSC1)NC1CC2CCC1O2.I. The van der Waals surface area contributed by atoms with Gasteiger partial charge in [-0.1, -0.05) is 0 Å². The summed E-state index contributed by atoms with van der Waals surface area (Å²) in [5.74, 6) is 3.38. The summed E-state index contributed by atoms with van der Waals surface area (Å²) < 4.78 is 5.91. The van der Waals surface area contributed by atoms with Crippen LogP contribution in [0.1, 0.15) is 25.7 Å². The highest BCUT2D eigenvalue weighted by molar-refractivity contribution is 14.0. The van der Waals surface area contributed by atoms with E-state index in [9.17, 15) is 0 Å². The summed E-state index contributed by atoms with van der Waals surface area (Å²) in [6.07, 6.45) is 5.66. The molecule has 0 radical (unpaired) electrons. The second-order valence-corrected chi connectivity index (χ2v) is 7.81. The third-order valence-electron chi connectivity index (χ3n) is 5.27. The van der Waals surface area contributed by atoms with Gasteiger partial charge in [0, 0.05) is 24.9 Å². The second-order valence-electron chi connectivity index (χ2n) is 6.71. The van der Waals surface area contributed by atoms with Gasteiger partial charge in [-0.05, 0) is 45.5 Å². The van der Waals surface area contributed by atoms with Crippen LogP contribution in [0, 0.1) is 0 Å². The molecule has 3 fully saturated rings. The number of hydrogen-bond donors (Lipinski definition) is 2. The van der Waals surface area contributed by atoms with E-state index in [1.165, 1.54) is 30.8 Å². The summed E-state index contributed by atoms with van der Waals surface area (Å²) in [5.41, 5.74) is 0.257. The Balaban J connectivity index is 0.00000176. The van der Waals surface area contributed by atoms with Gasteiger partial charge in [-0.2, -0.15) is 11.8 Å². The lowest BCUT2D eigenvalue weighted by atomic mass is 9.95. The standard InChI is InChI=1S/C15H28N4OS.HI/c1-16-14(18-12-8-11-4-5-13(12)20-11)17-9-15(19(2)3)6-7-21-10-15;/h11-13H,4-10H2,1-3H3,(H2,16,17,18);1H. The van der Waals surface area contributed by atoms with Crippen molar-refractivity contribution in [2.24, 2.45) is 4.99 Å². The Kier molecular flexibility index (Phi) is 6.68. The molecule has 2 N–H and O–H groups in total. The maximum atomic E-state index is 5.91. The number of ether oxygens (including phenoxy) is 1. The smallest absolute Gasteiger partial charge is 0.191 e. The minimum absolute atomic E-state index is 0. The van der Waals surface area contributed by atoms with Crippen LogP contribution < -0.4 is 10.6 Å². The molecule has 4 atom stereocenters. The van der Waals surface area contributed by atoms with Crippen LogP contribution in [0.3, 0.4) is 0 Å². The molecule has 22 heavy (non-hydrogen) atoms. The minimum atomic E-state index is 0. The van der Waals surface area contributed by atoms with Crippen LogP contribution >= 0.6 is 35.7 Å². The molecule has 0 amide bonds. The molecule has 0 spiro atoms. The van der Waals surface area contributed by atoms with Gasteiger partial charge in [-0.15, -0.1) is 24.0 Å². The first-order valence-electron chi connectivity index (χ1n) is 8.01. The van der Waals surface area contributed by atoms with Crippen molar-refractivity contribution in [2.75, 3.05) is 39.2 Å². The van der Waals surface area contributed by atoms with Crippen LogP contribution in [0.4, 0.5) is 0 Å². The molecule has 3 saturated heterocycles. The highest BCUT2D eigenvalue weighted by Crippen LogP contribution is 2.34. The molecule has 3 aliphatic heterocycles. The van der Waals surface area contributed by atoms with E-state index >= 15 is 0 Å². The van der Waals surface area contributed by atoms with Crippen LogP contribution in [-0.2, 0) is 4.74 Å². The highest BCUT2D eigenvalue weighted by atomic mass is 127. The molecule has 0 aromatic carbocycles. The molecule has 0 aromatic heterocycles. The molecule has 4 unspecified atom stereocenters. The number of guanidine groups is 1. The van der Waals surface area contributed by atoms with Gasteiger partial charge in [0.2, 0.25) is 0 Å². The average Bonchev–Trinajstić information content (AvgIpc) is 3.19. The number of halogens is 1. The minimum Gasteiger partial charge on any atom is -0.373 e. The summed E-state index contributed by atoms with van der Waals surface area (Å²) >= 11 is 2.05. The van der Waals surface area contributed by atoms with Gasteiger partial charge < -0.3 is 20.3 Å². The number of thioether (sulfide) groups is 1. The van der Waals surface area contributed by atoms with Crippen molar-refractivity contribution in [1.82, 2.24) is 15.5 Å². The lowest BCUT2D eigenvalue weighted by molar-refractivity contribution is 0.0991. The third kappa shape index (κ3) is 3.84. The quantitative estimate of drug-likeness (QED) is 0.395. The fourth-order valence-electron chi connectivity index (χ4n) is 3.65. The van der Waals surface area contributed by atoms with Crippen LogP contribution in [0.15, 0.2) is 4.99 Å². The van der Waals surface area contributed by atoms with E-state index < -0.39 is 0 Å². The Bertz CT molecular complexity index is 401. The number of likely N-dealkylation sites (N-methyl/N-ethyl adjacent to an activating group) is 1. The summed E-state index contributed by atoms with van der Waals surface area (Å²) in [5, 5.41) is 7.11. The van der Waals surface area contributed by atoms with Crippen LogP contribution in [0.2, 0.25) is 0 Å². The molecule has 5 nitrogen and oxygen atoms in total. The zero-order chi connectivity index (χ0) is 14.9. The van der Waals surface area contributed by atoms with E-state index in [0.717, 1.165) is 18.9 Å². The lowest BCUT2D eigenvalue weighted by Crippen LogP contribution is -2.56. The normalized spacial score (nSPS) is 37.5. The molecule has 0 aromatic rings. The van der Waals surface area contributed by atoms with Crippen molar-refractivity contribution in [3.05, 3.63) is 0 Å². The zero-order valence-electron chi connectivity index (χ0n) is 13.8. The van der Waals surface area contributed by atoms with Gasteiger partial charge in [-0.25, -0.2) is 0 Å². The first-order valence-corrected chi connectivity index (χ1v) is 9.16. The van der Waals surface area contributed by atoms with Crippen molar-refractivity contribution >= 4 is 41.7 Å². The zero-order valence-corrected chi connectivity index (χ0v) is 16.9. The number of nitrogens with zero attached hydrogens (tertiary/aromatic N) is 2. The fraction of sp³-hybridized carbons (Fsp3) is 0.933. The van der Waals surface area contributed by atoms with E-state index in [2.05, 4.69) is 34.6 Å². The Labute approximate surface area is 155 Å². The Morgan fingerprint density at radius 1 is 1.41 bits per heavy atom. The van der Waals surface area contributed by atoms with Crippen molar-refractivity contribution in [3.63, 3.8) is 0 Å². The molecule has 3 rings (SSSR count). The van der Waals surface area contributed by atoms with Crippen LogP contribution in [-0.4, -0.2) is 73.8 Å². The number of hydrogen-bond acceptors (Lipinski definition) is 4. The largest absolute Gasteiger partial charge is 0.373 e. The van der Waals surface area contributed by atoms with Crippen molar-refractivity contribution in [3.8, 4) is 0 Å². The first kappa shape index (κ1) is 18.6. The van der Waals surface area contributed by atoms with E-state index in [0.29, 0.717) is 18.2 Å². The molecule has 7 heteroatoms. The van der Waals surface area contributed by atoms with E-state index in [-0.39, 0.29) is 29.5 Å². The summed E-state index contributed by atoms with van der Waals surface area (Å²) in [6.45, 7) is 0.953. The van der Waals surface area contributed by atoms with E-state index in [1.54, 1.807) is 0 Å². The lowest BCUT2D eigenvalue weighted by Gasteiger charge is -2.36. The van der Waals surface area contributed by atoms with Crippen molar-refractivity contribution < 1.29 is 4.74 Å².